The topological polar surface area (TPSA) is 29.4 Å². The molecule has 0 radical (unpaired) electrons. The molecule has 1 heterocycles. The van der Waals surface area contributed by atoms with Gasteiger partial charge in [0.2, 0.25) is 0 Å². The first-order chi connectivity index (χ1) is 7.09. The van der Waals surface area contributed by atoms with Crippen molar-refractivity contribution in [3.8, 4) is 0 Å². The highest BCUT2D eigenvalue weighted by atomic mass is 79.9. The number of halogens is 1. The number of rotatable bonds is 1. The van der Waals surface area contributed by atoms with Gasteiger partial charge >= 0.3 is 0 Å². The second-order valence-corrected chi connectivity index (χ2v) is 7.37. The number of benzene rings is 1. The van der Waals surface area contributed by atoms with E-state index in [0.29, 0.717) is 0 Å². The molecule has 1 aromatic carbocycles. The summed E-state index contributed by atoms with van der Waals surface area (Å²) in [7, 11) is -1.93. The Hall–Kier alpha value is -0.350. The Bertz CT molecular complexity index is 477. The van der Waals surface area contributed by atoms with Crippen LogP contribution in [0.25, 0.3) is 0 Å². The first kappa shape index (κ1) is 11.1. The molecular weight excluding hydrogens is 274 g/mol. The van der Waals surface area contributed by atoms with Crippen LogP contribution in [0.5, 0.6) is 0 Å². The van der Waals surface area contributed by atoms with Crippen molar-refractivity contribution in [2.75, 3.05) is 11.5 Å². The Morgan fingerprint density at radius 1 is 1.33 bits per heavy atom. The third-order valence-corrected chi connectivity index (χ3v) is 5.48. The minimum absolute atomic E-state index is 0.766. The van der Waals surface area contributed by atoms with E-state index in [4.69, 9.17) is 0 Å². The molecule has 0 amide bonds. The molecule has 0 unspecified atom stereocenters. The monoisotopic (exact) mass is 287 g/mol. The summed E-state index contributed by atoms with van der Waals surface area (Å²) in [4.78, 5) is 0. The molecule has 2 nitrogen and oxygen atoms in total. The Balaban J connectivity index is 2.43. The van der Waals surface area contributed by atoms with Crippen molar-refractivity contribution in [1.29, 1.82) is 0 Å². The molecule has 1 aromatic rings. The molecule has 2 rings (SSSR count). The third kappa shape index (κ3) is 2.61. The van der Waals surface area contributed by atoms with Gasteiger partial charge in [0.15, 0.2) is 0 Å². The molecule has 0 aliphatic carbocycles. The predicted molar refractivity (Wildman–Crippen MR) is 68.1 cm³/mol. The molecule has 0 spiro atoms. The quantitative estimate of drug-likeness (QED) is 0.775. The Morgan fingerprint density at radius 2 is 2.00 bits per heavy atom. The maximum Gasteiger partial charge on any atom is 0.0760 e. The summed E-state index contributed by atoms with van der Waals surface area (Å²) in [5.41, 5.74) is 1.96. The molecule has 0 bridgehead atoms. The summed E-state index contributed by atoms with van der Waals surface area (Å²) >= 11 is 3.41. The average Bonchev–Trinajstić information content (AvgIpc) is 2.58. The second kappa shape index (κ2) is 4.26. The zero-order valence-corrected chi connectivity index (χ0v) is 11.1. The van der Waals surface area contributed by atoms with E-state index < -0.39 is 9.73 Å². The highest BCUT2D eigenvalue weighted by molar-refractivity contribution is 9.10. The second-order valence-electron chi connectivity index (χ2n) is 3.91. The van der Waals surface area contributed by atoms with Crippen molar-refractivity contribution >= 4 is 31.3 Å². The lowest BCUT2D eigenvalue weighted by molar-refractivity contribution is 0.681. The standard InChI is InChI=1S/C11H14BrNOS/c1-9-8-10(12)4-5-11(9)13-15(14)6-2-3-7-15/h4-5,8H,2-3,6-7H2,1H3. The molecule has 1 saturated heterocycles. The fourth-order valence-corrected chi connectivity index (χ4v) is 4.49. The number of hydrogen-bond acceptors (Lipinski definition) is 2. The van der Waals surface area contributed by atoms with E-state index in [1.54, 1.807) is 0 Å². The smallest absolute Gasteiger partial charge is 0.0760 e. The molecule has 1 aliphatic rings. The van der Waals surface area contributed by atoms with Crippen LogP contribution in [-0.2, 0) is 9.73 Å². The highest BCUT2D eigenvalue weighted by Crippen LogP contribution is 2.26. The van der Waals surface area contributed by atoms with Gasteiger partial charge in [-0.3, -0.25) is 0 Å². The average molecular weight is 288 g/mol. The molecule has 0 atom stereocenters. The van der Waals surface area contributed by atoms with E-state index in [1.165, 1.54) is 0 Å². The summed E-state index contributed by atoms with van der Waals surface area (Å²) in [6.45, 7) is 2.00. The van der Waals surface area contributed by atoms with Gasteiger partial charge in [-0.25, -0.2) is 4.21 Å². The highest BCUT2D eigenvalue weighted by Gasteiger charge is 2.16. The zero-order valence-electron chi connectivity index (χ0n) is 8.70. The minimum atomic E-state index is -1.93. The molecule has 1 aliphatic heterocycles. The van der Waals surface area contributed by atoms with Gasteiger partial charge in [0, 0.05) is 16.0 Å². The Morgan fingerprint density at radius 3 is 2.60 bits per heavy atom. The number of aryl methyl sites for hydroxylation is 1. The lowest BCUT2D eigenvalue weighted by atomic mass is 10.2. The summed E-state index contributed by atoms with van der Waals surface area (Å²) in [5, 5.41) is 0. The number of nitrogens with zero attached hydrogens (tertiary/aromatic N) is 1. The van der Waals surface area contributed by atoms with E-state index >= 15 is 0 Å². The van der Waals surface area contributed by atoms with E-state index in [-0.39, 0.29) is 0 Å². The first-order valence-corrected chi connectivity index (χ1v) is 7.72. The van der Waals surface area contributed by atoms with Crippen LogP contribution in [0.1, 0.15) is 18.4 Å². The van der Waals surface area contributed by atoms with Gasteiger partial charge in [0.1, 0.15) is 0 Å². The molecule has 0 N–H and O–H groups in total. The van der Waals surface area contributed by atoms with Crippen LogP contribution in [0.4, 0.5) is 5.69 Å². The van der Waals surface area contributed by atoms with Gasteiger partial charge < -0.3 is 0 Å². The Kier molecular flexibility index (Phi) is 3.16. The summed E-state index contributed by atoms with van der Waals surface area (Å²) < 4.78 is 17.7. The van der Waals surface area contributed by atoms with Gasteiger partial charge in [0.25, 0.3) is 0 Å². The van der Waals surface area contributed by atoms with Crippen molar-refractivity contribution in [2.45, 2.75) is 19.8 Å². The van der Waals surface area contributed by atoms with Gasteiger partial charge in [-0.05, 0) is 43.5 Å². The fourth-order valence-electron chi connectivity index (χ4n) is 1.75. The zero-order chi connectivity index (χ0) is 10.9. The van der Waals surface area contributed by atoms with E-state index in [0.717, 1.165) is 40.1 Å². The van der Waals surface area contributed by atoms with Crippen LogP contribution in [0.15, 0.2) is 27.0 Å². The largest absolute Gasteiger partial charge is 0.249 e. The van der Waals surface area contributed by atoms with Crippen molar-refractivity contribution in [1.82, 2.24) is 0 Å². The molecular formula is C11H14BrNOS. The summed E-state index contributed by atoms with van der Waals surface area (Å²) in [6, 6.07) is 5.89. The maximum atomic E-state index is 12.2. The molecule has 15 heavy (non-hydrogen) atoms. The number of hydrogen-bond donors (Lipinski definition) is 0. The van der Waals surface area contributed by atoms with Crippen LogP contribution in [-0.4, -0.2) is 15.7 Å². The van der Waals surface area contributed by atoms with E-state index in [1.807, 2.05) is 25.1 Å². The van der Waals surface area contributed by atoms with Gasteiger partial charge in [-0.2, -0.15) is 4.36 Å². The van der Waals surface area contributed by atoms with Crippen molar-refractivity contribution in [3.63, 3.8) is 0 Å². The van der Waals surface area contributed by atoms with Crippen LogP contribution >= 0.6 is 15.9 Å². The minimum Gasteiger partial charge on any atom is -0.249 e. The predicted octanol–water partition coefficient (Wildman–Crippen LogP) is 3.65. The van der Waals surface area contributed by atoms with Crippen LogP contribution in [0.3, 0.4) is 0 Å². The Labute approximate surface area is 99.4 Å². The molecule has 1 fully saturated rings. The first-order valence-electron chi connectivity index (χ1n) is 5.08. The SMILES string of the molecule is Cc1cc(Br)ccc1N=S1(=O)CCCC1. The molecule has 82 valence electrons. The van der Waals surface area contributed by atoms with Crippen LogP contribution in [0.2, 0.25) is 0 Å². The summed E-state index contributed by atoms with van der Waals surface area (Å²) in [5.74, 6) is 1.53. The van der Waals surface area contributed by atoms with Crippen molar-refractivity contribution in [2.24, 2.45) is 4.36 Å². The van der Waals surface area contributed by atoms with Crippen LogP contribution in [0, 0.1) is 6.92 Å². The molecule has 4 heteroatoms. The van der Waals surface area contributed by atoms with Crippen LogP contribution < -0.4 is 0 Å². The van der Waals surface area contributed by atoms with Gasteiger partial charge in [-0.15, -0.1) is 0 Å². The fraction of sp³-hybridized carbons (Fsp3) is 0.455. The van der Waals surface area contributed by atoms with Crippen molar-refractivity contribution in [3.05, 3.63) is 28.2 Å². The van der Waals surface area contributed by atoms with Crippen molar-refractivity contribution < 1.29 is 4.21 Å². The third-order valence-electron chi connectivity index (χ3n) is 2.60. The normalized spacial score (nSPS) is 19.1. The maximum absolute atomic E-state index is 12.2. The van der Waals surface area contributed by atoms with E-state index in [9.17, 15) is 4.21 Å². The van der Waals surface area contributed by atoms with Gasteiger partial charge in [0.05, 0.1) is 15.4 Å². The lowest BCUT2D eigenvalue weighted by Crippen LogP contribution is -1.99. The lowest BCUT2D eigenvalue weighted by Gasteiger charge is -2.04. The van der Waals surface area contributed by atoms with Gasteiger partial charge in [-0.1, -0.05) is 15.9 Å². The summed E-state index contributed by atoms with van der Waals surface area (Å²) in [6.07, 6.45) is 2.11. The molecule has 0 saturated carbocycles. The molecule has 0 aromatic heterocycles. The van der Waals surface area contributed by atoms with E-state index in [2.05, 4.69) is 20.3 Å².